The Morgan fingerprint density at radius 3 is 2.53 bits per heavy atom. The molecule has 3 nitrogen and oxygen atoms in total. The third-order valence-electron chi connectivity index (χ3n) is 2.89. The van der Waals surface area contributed by atoms with Gasteiger partial charge in [-0.05, 0) is 42.0 Å². The average molecular weight is 253 g/mol. The number of nitrogens with two attached hydrogens (primary N) is 1. The molecule has 0 fully saturated rings. The van der Waals surface area contributed by atoms with Gasteiger partial charge in [0.15, 0.2) is 0 Å². The smallest absolute Gasteiger partial charge is 0.123 e. The van der Waals surface area contributed by atoms with E-state index in [1.165, 1.54) is 12.1 Å². The number of aromatic nitrogens is 2. The van der Waals surface area contributed by atoms with Gasteiger partial charge in [0.25, 0.3) is 0 Å². The lowest BCUT2D eigenvalue weighted by Gasteiger charge is -2.00. The van der Waals surface area contributed by atoms with E-state index in [4.69, 9.17) is 5.73 Å². The van der Waals surface area contributed by atoms with E-state index in [-0.39, 0.29) is 5.82 Å². The monoisotopic (exact) mass is 253 g/mol. The van der Waals surface area contributed by atoms with Crippen molar-refractivity contribution < 1.29 is 4.39 Å². The molecule has 0 amide bonds. The van der Waals surface area contributed by atoms with Gasteiger partial charge in [0.05, 0.1) is 11.9 Å². The van der Waals surface area contributed by atoms with Crippen LogP contribution in [0, 0.1) is 5.82 Å². The van der Waals surface area contributed by atoms with E-state index in [9.17, 15) is 4.39 Å². The molecule has 0 unspecified atom stereocenters. The fourth-order valence-electron chi connectivity index (χ4n) is 1.93. The van der Waals surface area contributed by atoms with Crippen LogP contribution in [0.25, 0.3) is 16.8 Å². The summed E-state index contributed by atoms with van der Waals surface area (Å²) in [6.07, 6.45) is 3.65. The highest BCUT2D eigenvalue weighted by Gasteiger charge is 2.03. The molecule has 0 atom stereocenters. The van der Waals surface area contributed by atoms with Gasteiger partial charge in [-0.2, -0.15) is 5.10 Å². The van der Waals surface area contributed by atoms with Gasteiger partial charge in [0, 0.05) is 17.4 Å². The van der Waals surface area contributed by atoms with Crippen molar-refractivity contribution in [3.8, 4) is 16.8 Å². The zero-order chi connectivity index (χ0) is 13.2. The number of benzene rings is 2. The lowest BCUT2D eigenvalue weighted by molar-refractivity contribution is 0.627. The van der Waals surface area contributed by atoms with Gasteiger partial charge < -0.3 is 5.73 Å². The first kappa shape index (κ1) is 11.5. The second-order valence-electron chi connectivity index (χ2n) is 4.28. The summed E-state index contributed by atoms with van der Waals surface area (Å²) in [4.78, 5) is 0. The molecule has 0 aliphatic rings. The first-order valence-electron chi connectivity index (χ1n) is 5.89. The summed E-state index contributed by atoms with van der Waals surface area (Å²) in [6, 6.07) is 13.8. The van der Waals surface area contributed by atoms with E-state index in [1.54, 1.807) is 23.0 Å². The highest BCUT2D eigenvalue weighted by Crippen LogP contribution is 2.22. The minimum Gasteiger partial charge on any atom is -0.399 e. The average Bonchev–Trinajstić information content (AvgIpc) is 2.89. The molecule has 4 heteroatoms. The Bertz CT molecular complexity index is 701. The molecule has 94 valence electrons. The first-order chi connectivity index (χ1) is 9.22. The molecular formula is C15H12FN3. The maximum Gasteiger partial charge on any atom is 0.123 e. The normalized spacial score (nSPS) is 10.6. The maximum absolute atomic E-state index is 12.9. The fraction of sp³-hybridized carbons (Fsp3) is 0. The van der Waals surface area contributed by atoms with E-state index in [0.29, 0.717) is 5.69 Å². The largest absolute Gasteiger partial charge is 0.399 e. The van der Waals surface area contributed by atoms with Crippen molar-refractivity contribution in [1.29, 1.82) is 0 Å². The van der Waals surface area contributed by atoms with Crippen LogP contribution < -0.4 is 5.73 Å². The van der Waals surface area contributed by atoms with E-state index in [1.807, 2.05) is 30.5 Å². The SMILES string of the molecule is Nc1cccc(-c2cnn(-c3ccc(F)cc3)c2)c1. The van der Waals surface area contributed by atoms with Crippen molar-refractivity contribution in [1.82, 2.24) is 9.78 Å². The van der Waals surface area contributed by atoms with Crippen LogP contribution in [0.1, 0.15) is 0 Å². The quantitative estimate of drug-likeness (QED) is 0.712. The lowest BCUT2D eigenvalue weighted by atomic mass is 10.1. The molecule has 0 bridgehead atoms. The van der Waals surface area contributed by atoms with Crippen molar-refractivity contribution >= 4 is 5.69 Å². The third kappa shape index (κ3) is 2.33. The topological polar surface area (TPSA) is 43.8 Å². The Morgan fingerprint density at radius 2 is 1.79 bits per heavy atom. The molecule has 19 heavy (non-hydrogen) atoms. The van der Waals surface area contributed by atoms with Gasteiger partial charge in [-0.3, -0.25) is 0 Å². The summed E-state index contributed by atoms with van der Waals surface area (Å²) in [5, 5.41) is 4.28. The zero-order valence-corrected chi connectivity index (χ0v) is 10.1. The number of nitrogen functional groups attached to an aromatic ring is 1. The molecular weight excluding hydrogens is 241 g/mol. The van der Waals surface area contributed by atoms with Gasteiger partial charge in [0.2, 0.25) is 0 Å². The van der Waals surface area contributed by atoms with Gasteiger partial charge >= 0.3 is 0 Å². The molecule has 2 N–H and O–H groups in total. The van der Waals surface area contributed by atoms with Crippen LogP contribution in [-0.2, 0) is 0 Å². The van der Waals surface area contributed by atoms with E-state index in [2.05, 4.69) is 5.10 Å². The second-order valence-corrected chi connectivity index (χ2v) is 4.28. The van der Waals surface area contributed by atoms with Crippen LogP contribution in [0.2, 0.25) is 0 Å². The summed E-state index contributed by atoms with van der Waals surface area (Å²) >= 11 is 0. The molecule has 3 rings (SSSR count). The first-order valence-corrected chi connectivity index (χ1v) is 5.89. The van der Waals surface area contributed by atoms with E-state index in [0.717, 1.165) is 16.8 Å². The van der Waals surface area contributed by atoms with Gasteiger partial charge in [-0.1, -0.05) is 12.1 Å². The summed E-state index contributed by atoms with van der Waals surface area (Å²) in [6.45, 7) is 0. The van der Waals surface area contributed by atoms with Crippen molar-refractivity contribution in [2.45, 2.75) is 0 Å². The van der Waals surface area contributed by atoms with Crippen LogP contribution in [0.15, 0.2) is 60.9 Å². The molecule has 2 aromatic carbocycles. The minimum absolute atomic E-state index is 0.257. The van der Waals surface area contributed by atoms with E-state index < -0.39 is 0 Å². The van der Waals surface area contributed by atoms with Crippen molar-refractivity contribution in [2.75, 3.05) is 5.73 Å². The number of hydrogen-bond donors (Lipinski definition) is 1. The maximum atomic E-state index is 12.9. The molecule has 0 spiro atoms. The van der Waals surface area contributed by atoms with Crippen LogP contribution in [0.3, 0.4) is 0 Å². The van der Waals surface area contributed by atoms with Crippen LogP contribution in [0.5, 0.6) is 0 Å². The molecule has 0 aliphatic carbocycles. The van der Waals surface area contributed by atoms with Crippen LogP contribution >= 0.6 is 0 Å². The minimum atomic E-state index is -0.257. The summed E-state index contributed by atoms with van der Waals surface area (Å²) in [7, 11) is 0. The summed E-state index contributed by atoms with van der Waals surface area (Å²) in [5.74, 6) is -0.257. The van der Waals surface area contributed by atoms with Gasteiger partial charge in [-0.15, -0.1) is 0 Å². The van der Waals surface area contributed by atoms with Crippen molar-refractivity contribution in [3.63, 3.8) is 0 Å². The zero-order valence-electron chi connectivity index (χ0n) is 10.1. The Balaban J connectivity index is 1.97. The predicted molar refractivity (Wildman–Crippen MR) is 73.4 cm³/mol. The second kappa shape index (κ2) is 4.57. The molecule has 0 aliphatic heterocycles. The predicted octanol–water partition coefficient (Wildman–Crippen LogP) is 3.26. The van der Waals surface area contributed by atoms with Gasteiger partial charge in [0.1, 0.15) is 5.82 Å². The molecule has 0 saturated carbocycles. The Morgan fingerprint density at radius 1 is 1.00 bits per heavy atom. The van der Waals surface area contributed by atoms with Crippen molar-refractivity contribution in [2.24, 2.45) is 0 Å². The van der Waals surface area contributed by atoms with Crippen LogP contribution in [0.4, 0.5) is 10.1 Å². The van der Waals surface area contributed by atoms with Crippen molar-refractivity contribution in [3.05, 3.63) is 66.7 Å². The highest BCUT2D eigenvalue weighted by molar-refractivity contribution is 5.66. The Kier molecular flexibility index (Phi) is 2.76. The molecule has 3 aromatic rings. The lowest BCUT2D eigenvalue weighted by Crippen LogP contribution is -1.93. The standard InChI is InChI=1S/C15H12FN3/c16-13-4-6-15(7-5-13)19-10-12(9-18-19)11-2-1-3-14(17)8-11/h1-10H,17H2. The van der Waals surface area contributed by atoms with E-state index >= 15 is 0 Å². The number of anilines is 1. The van der Waals surface area contributed by atoms with Crippen LogP contribution in [-0.4, -0.2) is 9.78 Å². The summed E-state index contributed by atoms with van der Waals surface area (Å²) < 4.78 is 14.6. The van der Waals surface area contributed by atoms with Gasteiger partial charge in [-0.25, -0.2) is 9.07 Å². The number of halogens is 1. The Labute approximate surface area is 110 Å². The molecule has 1 aromatic heterocycles. The number of rotatable bonds is 2. The number of nitrogens with zero attached hydrogens (tertiary/aromatic N) is 2. The highest BCUT2D eigenvalue weighted by atomic mass is 19.1. The molecule has 1 heterocycles. The third-order valence-corrected chi connectivity index (χ3v) is 2.89. The summed E-state index contributed by atoms with van der Waals surface area (Å²) in [5.41, 5.74) is 9.27. The number of hydrogen-bond acceptors (Lipinski definition) is 2. The fourth-order valence-corrected chi connectivity index (χ4v) is 1.93. The molecule has 0 radical (unpaired) electrons. The molecule has 0 saturated heterocycles. The Hall–Kier alpha value is -2.62.